The molecule has 0 heterocycles. The SMILES string of the molecule is COc1cc(COc2ccc(F)cc2)ccc1/C(N)=N/O. The average Bonchev–Trinajstić information content (AvgIpc) is 2.53. The minimum Gasteiger partial charge on any atom is -0.496 e. The van der Waals surface area contributed by atoms with Crippen molar-refractivity contribution in [2.45, 2.75) is 6.61 Å². The Morgan fingerprint density at radius 1 is 1.24 bits per heavy atom. The Kier molecular flexibility index (Phi) is 4.61. The number of rotatable bonds is 5. The molecule has 21 heavy (non-hydrogen) atoms. The molecule has 2 aromatic carbocycles. The minimum atomic E-state index is -0.313. The van der Waals surface area contributed by atoms with Crippen LogP contribution in [-0.4, -0.2) is 18.2 Å². The first-order valence-electron chi connectivity index (χ1n) is 6.17. The van der Waals surface area contributed by atoms with Crippen LogP contribution in [0.4, 0.5) is 4.39 Å². The number of methoxy groups -OCH3 is 1. The lowest BCUT2D eigenvalue weighted by Gasteiger charge is -2.11. The van der Waals surface area contributed by atoms with Crippen molar-refractivity contribution in [3.8, 4) is 11.5 Å². The molecule has 0 saturated heterocycles. The largest absolute Gasteiger partial charge is 0.496 e. The zero-order valence-electron chi connectivity index (χ0n) is 11.4. The van der Waals surface area contributed by atoms with Crippen molar-refractivity contribution in [3.63, 3.8) is 0 Å². The average molecular weight is 290 g/mol. The number of nitrogens with two attached hydrogens (primary N) is 1. The van der Waals surface area contributed by atoms with Crippen LogP contribution >= 0.6 is 0 Å². The van der Waals surface area contributed by atoms with E-state index >= 15 is 0 Å². The van der Waals surface area contributed by atoms with Gasteiger partial charge in [-0.25, -0.2) is 4.39 Å². The lowest BCUT2D eigenvalue weighted by molar-refractivity contribution is 0.304. The van der Waals surface area contributed by atoms with Crippen LogP contribution in [-0.2, 0) is 6.61 Å². The molecule has 0 aliphatic rings. The summed E-state index contributed by atoms with van der Waals surface area (Å²) in [5, 5.41) is 11.7. The first kappa shape index (κ1) is 14.6. The highest BCUT2D eigenvalue weighted by atomic mass is 19.1. The van der Waals surface area contributed by atoms with Crippen molar-refractivity contribution >= 4 is 5.84 Å². The normalized spacial score (nSPS) is 11.2. The number of hydrogen-bond acceptors (Lipinski definition) is 4. The van der Waals surface area contributed by atoms with Gasteiger partial charge in [0.05, 0.1) is 12.7 Å². The summed E-state index contributed by atoms with van der Waals surface area (Å²) in [4.78, 5) is 0. The fraction of sp³-hybridized carbons (Fsp3) is 0.133. The van der Waals surface area contributed by atoms with E-state index in [0.29, 0.717) is 23.7 Å². The number of nitrogens with zero attached hydrogens (tertiary/aromatic N) is 1. The Bertz CT molecular complexity index is 642. The number of benzene rings is 2. The highest BCUT2D eigenvalue weighted by Gasteiger charge is 2.09. The number of ether oxygens (including phenoxy) is 2. The fourth-order valence-corrected chi connectivity index (χ4v) is 1.79. The van der Waals surface area contributed by atoms with Gasteiger partial charge in [0.2, 0.25) is 0 Å². The van der Waals surface area contributed by atoms with E-state index in [2.05, 4.69) is 5.16 Å². The Labute approximate surface area is 121 Å². The van der Waals surface area contributed by atoms with Gasteiger partial charge in [0.15, 0.2) is 5.84 Å². The molecule has 2 aromatic rings. The van der Waals surface area contributed by atoms with Gasteiger partial charge in [-0.15, -0.1) is 0 Å². The van der Waals surface area contributed by atoms with Crippen LogP contribution in [0.25, 0.3) is 0 Å². The maximum atomic E-state index is 12.8. The van der Waals surface area contributed by atoms with E-state index in [1.807, 2.05) is 0 Å². The lowest BCUT2D eigenvalue weighted by atomic mass is 10.1. The highest BCUT2D eigenvalue weighted by molar-refractivity contribution is 5.99. The van der Waals surface area contributed by atoms with Crippen molar-refractivity contribution in [1.29, 1.82) is 0 Å². The first-order chi connectivity index (χ1) is 10.1. The molecule has 0 fully saturated rings. The smallest absolute Gasteiger partial charge is 0.173 e. The van der Waals surface area contributed by atoms with Crippen LogP contribution in [0.3, 0.4) is 0 Å². The molecule has 0 radical (unpaired) electrons. The van der Waals surface area contributed by atoms with Crippen LogP contribution in [0.5, 0.6) is 11.5 Å². The molecule has 0 saturated carbocycles. The molecule has 5 nitrogen and oxygen atoms in total. The summed E-state index contributed by atoms with van der Waals surface area (Å²) in [7, 11) is 1.49. The van der Waals surface area contributed by atoms with Crippen LogP contribution in [0, 0.1) is 5.82 Å². The quantitative estimate of drug-likeness (QED) is 0.384. The number of oxime groups is 1. The van der Waals surface area contributed by atoms with Crippen molar-refractivity contribution < 1.29 is 19.1 Å². The molecule has 0 atom stereocenters. The predicted octanol–water partition coefficient (Wildman–Crippen LogP) is 2.51. The van der Waals surface area contributed by atoms with E-state index in [4.69, 9.17) is 20.4 Å². The lowest BCUT2D eigenvalue weighted by Crippen LogP contribution is -2.14. The van der Waals surface area contributed by atoms with Gasteiger partial charge in [-0.3, -0.25) is 0 Å². The van der Waals surface area contributed by atoms with Crippen molar-refractivity contribution in [3.05, 3.63) is 59.4 Å². The molecule has 0 spiro atoms. The monoisotopic (exact) mass is 290 g/mol. The number of amidine groups is 1. The first-order valence-corrected chi connectivity index (χ1v) is 6.17. The predicted molar refractivity (Wildman–Crippen MR) is 76.2 cm³/mol. The van der Waals surface area contributed by atoms with Gasteiger partial charge >= 0.3 is 0 Å². The van der Waals surface area contributed by atoms with E-state index < -0.39 is 0 Å². The highest BCUT2D eigenvalue weighted by Crippen LogP contribution is 2.21. The molecule has 0 aliphatic carbocycles. The van der Waals surface area contributed by atoms with Gasteiger partial charge in [-0.2, -0.15) is 0 Å². The molecular formula is C15H15FN2O3. The summed E-state index contributed by atoms with van der Waals surface area (Å²) in [6.45, 7) is 0.290. The molecule has 2 rings (SSSR count). The van der Waals surface area contributed by atoms with Crippen LogP contribution in [0.1, 0.15) is 11.1 Å². The molecule has 3 N–H and O–H groups in total. The summed E-state index contributed by atoms with van der Waals surface area (Å²) in [5.74, 6) is 0.700. The topological polar surface area (TPSA) is 77.1 Å². The summed E-state index contributed by atoms with van der Waals surface area (Å²) in [6, 6.07) is 11.0. The van der Waals surface area contributed by atoms with E-state index in [0.717, 1.165) is 5.56 Å². The second-order valence-corrected chi connectivity index (χ2v) is 4.26. The Morgan fingerprint density at radius 3 is 2.57 bits per heavy atom. The number of hydrogen-bond donors (Lipinski definition) is 2. The summed E-state index contributed by atoms with van der Waals surface area (Å²) < 4.78 is 23.5. The third kappa shape index (κ3) is 3.62. The minimum absolute atomic E-state index is 0.0298. The maximum Gasteiger partial charge on any atom is 0.173 e. The van der Waals surface area contributed by atoms with Gasteiger partial charge in [0.25, 0.3) is 0 Å². The second-order valence-electron chi connectivity index (χ2n) is 4.26. The standard InChI is InChI=1S/C15H15FN2O3/c1-20-14-8-10(2-7-13(14)15(17)18-19)9-21-12-5-3-11(16)4-6-12/h2-8,19H,9H2,1H3,(H2,17,18). The molecule has 0 amide bonds. The molecule has 0 bridgehead atoms. The van der Waals surface area contributed by atoms with Gasteiger partial charge in [0, 0.05) is 0 Å². The Hall–Kier alpha value is -2.76. The molecule has 6 heteroatoms. The van der Waals surface area contributed by atoms with Crippen molar-refractivity contribution in [1.82, 2.24) is 0 Å². The van der Waals surface area contributed by atoms with Gasteiger partial charge in [0.1, 0.15) is 23.9 Å². The van der Waals surface area contributed by atoms with Crippen LogP contribution in [0.15, 0.2) is 47.6 Å². The number of halogens is 1. The van der Waals surface area contributed by atoms with E-state index in [9.17, 15) is 4.39 Å². The Morgan fingerprint density at radius 2 is 1.95 bits per heavy atom. The zero-order chi connectivity index (χ0) is 15.2. The van der Waals surface area contributed by atoms with Crippen molar-refractivity contribution in [2.24, 2.45) is 10.9 Å². The summed E-state index contributed by atoms with van der Waals surface area (Å²) >= 11 is 0. The van der Waals surface area contributed by atoms with E-state index in [1.165, 1.54) is 19.2 Å². The van der Waals surface area contributed by atoms with Gasteiger partial charge in [-0.1, -0.05) is 11.2 Å². The van der Waals surface area contributed by atoms with E-state index in [1.54, 1.807) is 30.3 Å². The maximum absolute atomic E-state index is 12.8. The molecular weight excluding hydrogens is 275 g/mol. The van der Waals surface area contributed by atoms with Gasteiger partial charge in [-0.05, 0) is 42.0 Å². The van der Waals surface area contributed by atoms with Crippen LogP contribution in [0.2, 0.25) is 0 Å². The third-order valence-corrected chi connectivity index (χ3v) is 2.87. The molecule has 0 unspecified atom stereocenters. The summed E-state index contributed by atoms with van der Waals surface area (Å²) in [5.41, 5.74) is 6.88. The van der Waals surface area contributed by atoms with Crippen LogP contribution < -0.4 is 15.2 Å². The molecule has 0 aliphatic heterocycles. The van der Waals surface area contributed by atoms with Gasteiger partial charge < -0.3 is 20.4 Å². The van der Waals surface area contributed by atoms with Crippen molar-refractivity contribution in [2.75, 3.05) is 7.11 Å². The summed E-state index contributed by atoms with van der Waals surface area (Å²) in [6.07, 6.45) is 0. The second kappa shape index (κ2) is 6.60. The van der Waals surface area contributed by atoms with E-state index in [-0.39, 0.29) is 11.7 Å². The zero-order valence-corrected chi connectivity index (χ0v) is 11.4. The Balaban J connectivity index is 2.12. The fourth-order valence-electron chi connectivity index (χ4n) is 1.79. The third-order valence-electron chi connectivity index (χ3n) is 2.87. The molecule has 0 aromatic heterocycles. The molecule has 110 valence electrons.